The lowest BCUT2D eigenvalue weighted by atomic mass is 10.1. The SMILES string of the molecule is O=C(O)C1CCCCCN1C(=O)Nc1cc(Cl)ccc1Br. The molecule has 114 valence electrons. The van der Waals surface area contributed by atoms with Gasteiger partial charge in [0, 0.05) is 16.0 Å². The molecule has 2 N–H and O–H groups in total. The Morgan fingerprint density at radius 3 is 2.81 bits per heavy atom. The number of likely N-dealkylation sites (tertiary alicyclic amines) is 1. The molecule has 1 aliphatic heterocycles. The highest BCUT2D eigenvalue weighted by molar-refractivity contribution is 9.10. The van der Waals surface area contributed by atoms with Gasteiger partial charge in [-0.05, 0) is 47.0 Å². The number of amides is 2. The number of nitrogens with one attached hydrogen (secondary N) is 1. The van der Waals surface area contributed by atoms with E-state index in [1.54, 1.807) is 18.2 Å². The molecule has 7 heteroatoms. The summed E-state index contributed by atoms with van der Waals surface area (Å²) in [6.45, 7) is 0.445. The summed E-state index contributed by atoms with van der Waals surface area (Å²) < 4.78 is 0.696. The Kier molecular flexibility index (Phi) is 5.47. The average Bonchev–Trinajstić information content (AvgIpc) is 2.68. The average molecular weight is 376 g/mol. The van der Waals surface area contributed by atoms with Crippen molar-refractivity contribution in [1.82, 2.24) is 4.90 Å². The summed E-state index contributed by atoms with van der Waals surface area (Å²) in [5.74, 6) is -0.961. The van der Waals surface area contributed by atoms with E-state index in [4.69, 9.17) is 11.6 Å². The Bertz CT molecular complexity index is 553. The van der Waals surface area contributed by atoms with E-state index in [-0.39, 0.29) is 0 Å². The highest BCUT2D eigenvalue weighted by Gasteiger charge is 2.30. The fourth-order valence-corrected chi connectivity index (χ4v) is 2.91. The molecular weight excluding hydrogens is 360 g/mol. The second kappa shape index (κ2) is 7.13. The molecule has 2 rings (SSSR count). The lowest BCUT2D eigenvalue weighted by Crippen LogP contribution is -2.46. The van der Waals surface area contributed by atoms with E-state index in [9.17, 15) is 14.7 Å². The first-order valence-electron chi connectivity index (χ1n) is 6.74. The summed E-state index contributed by atoms with van der Waals surface area (Å²) in [5.41, 5.74) is 0.529. The maximum atomic E-state index is 12.4. The van der Waals surface area contributed by atoms with Crippen molar-refractivity contribution in [1.29, 1.82) is 0 Å². The van der Waals surface area contributed by atoms with Gasteiger partial charge >= 0.3 is 12.0 Å². The summed E-state index contributed by atoms with van der Waals surface area (Å²) >= 11 is 9.25. The van der Waals surface area contributed by atoms with E-state index in [2.05, 4.69) is 21.2 Å². The standard InChI is InChI=1S/C14H16BrClN2O3/c15-10-6-5-9(16)8-11(10)17-14(21)18-7-3-1-2-4-12(18)13(19)20/h5-6,8,12H,1-4,7H2,(H,17,21)(H,19,20). The molecule has 0 radical (unpaired) electrons. The Morgan fingerprint density at radius 1 is 1.33 bits per heavy atom. The van der Waals surface area contributed by atoms with Gasteiger partial charge in [-0.25, -0.2) is 9.59 Å². The second-order valence-corrected chi connectivity index (χ2v) is 6.24. The molecule has 1 aromatic carbocycles. The largest absolute Gasteiger partial charge is 0.480 e. The first-order valence-corrected chi connectivity index (χ1v) is 7.91. The van der Waals surface area contributed by atoms with Gasteiger partial charge in [0.15, 0.2) is 0 Å². The van der Waals surface area contributed by atoms with E-state index in [0.717, 1.165) is 19.3 Å². The number of urea groups is 1. The second-order valence-electron chi connectivity index (χ2n) is 4.95. The molecular formula is C14H16BrClN2O3. The number of benzene rings is 1. The number of nitrogens with zero attached hydrogens (tertiary/aromatic N) is 1. The summed E-state index contributed by atoms with van der Waals surface area (Å²) in [5, 5.41) is 12.5. The van der Waals surface area contributed by atoms with Gasteiger partial charge in [0.05, 0.1) is 5.69 Å². The van der Waals surface area contributed by atoms with Crippen molar-refractivity contribution >= 4 is 45.2 Å². The van der Waals surface area contributed by atoms with Gasteiger partial charge in [-0.3, -0.25) is 0 Å². The monoisotopic (exact) mass is 374 g/mol. The van der Waals surface area contributed by atoms with Crippen LogP contribution >= 0.6 is 27.5 Å². The molecule has 1 aliphatic rings. The fraction of sp³-hybridized carbons (Fsp3) is 0.429. The molecule has 1 aromatic rings. The molecule has 0 aromatic heterocycles. The first kappa shape index (κ1) is 16.1. The van der Waals surface area contributed by atoms with Crippen molar-refractivity contribution < 1.29 is 14.7 Å². The molecule has 1 atom stereocenters. The van der Waals surface area contributed by atoms with Crippen molar-refractivity contribution in [3.05, 3.63) is 27.7 Å². The predicted molar refractivity (Wildman–Crippen MR) is 84.8 cm³/mol. The Balaban J connectivity index is 2.16. The quantitative estimate of drug-likeness (QED) is 0.822. The van der Waals surface area contributed by atoms with Crippen LogP contribution in [0.15, 0.2) is 22.7 Å². The molecule has 0 aliphatic carbocycles. The van der Waals surface area contributed by atoms with Gasteiger partial charge in [-0.1, -0.05) is 24.4 Å². The highest BCUT2D eigenvalue weighted by Crippen LogP contribution is 2.27. The number of rotatable bonds is 2. The lowest BCUT2D eigenvalue weighted by Gasteiger charge is -2.27. The number of carboxylic acid groups (broad SMARTS) is 1. The van der Waals surface area contributed by atoms with Gasteiger partial charge in [0.1, 0.15) is 6.04 Å². The molecule has 0 spiro atoms. The Morgan fingerprint density at radius 2 is 2.10 bits per heavy atom. The van der Waals surface area contributed by atoms with E-state index in [0.29, 0.717) is 28.1 Å². The topological polar surface area (TPSA) is 69.6 Å². The number of carboxylic acids is 1. The highest BCUT2D eigenvalue weighted by atomic mass is 79.9. The molecule has 5 nitrogen and oxygen atoms in total. The van der Waals surface area contributed by atoms with Crippen LogP contribution in [-0.2, 0) is 4.79 Å². The van der Waals surface area contributed by atoms with Crippen LogP contribution in [-0.4, -0.2) is 34.6 Å². The summed E-state index contributed by atoms with van der Waals surface area (Å²) in [7, 11) is 0. The maximum absolute atomic E-state index is 12.4. The van der Waals surface area contributed by atoms with Gasteiger partial charge < -0.3 is 15.3 Å². The normalized spacial score (nSPS) is 19.0. The van der Waals surface area contributed by atoms with E-state index < -0.39 is 18.0 Å². The van der Waals surface area contributed by atoms with E-state index in [1.165, 1.54) is 4.90 Å². The number of carbonyl (C=O) groups excluding carboxylic acids is 1. The Labute approximate surface area is 136 Å². The van der Waals surface area contributed by atoms with Crippen LogP contribution < -0.4 is 5.32 Å². The van der Waals surface area contributed by atoms with Crippen LogP contribution in [0.3, 0.4) is 0 Å². The zero-order chi connectivity index (χ0) is 15.4. The minimum absolute atomic E-state index is 0.410. The molecule has 1 saturated heterocycles. The zero-order valence-corrected chi connectivity index (χ0v) is 13.7. The Hall–Kier alpha value is -1.27. The molecule has 2 amide bonds. The van der Waals surface area contributed by atoms with Crippen LogP contribution in [0, 0.1) is 0 Å². The molecule has 0 bridgehead atoms. The molecule has 0 saturated carbocycles. The van der Waals surface area contributed by atoms with Crippen molar-refractivity contribution in [3.8, 4) is 0 Å². The van der Waals surface area contributed by atoms with Crippen LogP contribution in [0.25, 0.3) is 0 Å². The van der Waals surface area contributed by atoms with Crippen LogP contribution in [0.1, 0.15) is 25.7 Å². The number of hydrogen-bond acceptors (Lipinski definition) is 2. The minimum Gasteiger partial charge on any atom is -0.480 e. The maximum Gasteiger partial charge on any atom is 0.326 e. The number of aliphatic carboxylic acids is 1. The van der Waals surface area contributed by atoms with Crippen molar-refractivity contribution in [2.24, 2.45) is 0 Å². The number of halogens is 2. The van der Waals surface area contributed by atoms with Crippen molar-refractivity contribution in [2.45, 2.75) is 31.7 Å². The molecule has 1 heterocycles. The molecule has 1 fully saturated rings. The summed E-state index contributed by atoms with van der Waals surface area (Å²) in [6.07, 6.45) is 3.06. The molecule has 1 unspecified atom stereocenters. The van der Waals surface area contributed by atoms with Gasteiger partial charge in [0.25, 0.3) is 0 Å². The van der Waals surface area contributed by atoms with Gasteiger partial charge in [0.2, 0.25) is 0 Å². The molecule has 21 heavy (non-hydrogen) atoms. The third-order valence-corrected chi connectivity index (χ3v) is 4.40. The van der Waals surface area contributed by atoms with E-state index >= 15 is 0 Å². The smallest absolute Gasteiger partial charge is 0.326 e. The van der Waals surface area contributed by atoms with Crippen molar-refractivity contribution in [3.63, 3.8) is 0 Å². The van der Waals surface area contributed by atoms with Crippen molar-refractivity contribution in [2.75, 3.05) is 11.9 Å². The number of hydrogen-bond donors (Lipinski definition) is 2. The fourth-order valence-electron chi connectivity index (χ4n) is 2.39. The number of anilines is 1. The van der Waals surface area contributed by atoms with E-state index in [1.807, 2.05) is 0 Å². The van der Waals surface area contributed by atoms with Gasteiger partial charge in [-0.2, -0.15) is 0 Å². The zero-order valence-electron chi connectivity index (χ0n) is 11.3. The number of carbonyl (C=O) groups is 2. The third-order valence-electron chi connectivity index (χ3n) is 3.47. The van der Waals surface area contributed by atoms with Crippen LogP contribution in [0.4, 0.5) is 10.5 Å². The minimum atomic E-state index is -0.961. The van der Waals surface area contributed by atoms with Gasteiger partial charge in [-0.15, -0.1) is 0 Å². The summed E-state index contributed by atoms with van der Waals surface area (Å²) in [4.78, 5) is 25.1. The first-order chi connectivity index (χ1) is 9.99. The van der Waals surface area contributed by atoms with Crippen LogP contribution in [0.5, 0.6) is 0 Å². The summed E-state index contributed by atoms with van der Waals surface area (Å²) in [6, 6.07) is 3.87. The van der Waals surface area contributed by atoms with Crippen LogP contribution in [0.2, 0.25) is 5.02 Å². The lowest BCUT2D eigenvalue weighted by molar-refractivity contribution is -0.142. The third kappa shape index (κ3) is 4.11. The predicted octanol–water partition coefficient (Wildman–Crippen LogP) is 3.96.